The second-order valence-corrected chi connectivity index (χ2v) is 5.63. The molecule has 0 radical (unpaired) electrons. The van der Waals surface area contributed by atoms with Crippen molar-refractivity contribution in [2.75, 3.05) is 7.11 Å². The number of fused-ring (bicyclic) bond motifs is 4. The largest absolute Gasteiger partial charge is 0.497 e. The van der Waals surface area contributed by atoms with Gasteiger partial charge in [0.1, 0.15) is 5.75 Å². The van der Waals surface area contributed by atoms with Crippen molar-refractivity contribution in [3.8, 4) is 5.75 Å². The molecule has 0 spiro atoms. The number of aromatic nitrogens is 2. The Morgan fingerprint density at radius 3 is 2.67 bits per heavy atom. The molecule has 0 unspecified atom stereocenters. The molecule has 2 aromatic heterocycles. The van der Waals surface area contributed by atoms with Gasteiger partial charge in [-0.2, -0.15) is 0 Å². The van der Waals surface area contributed by atoms with Crippen LogP contribution in [0, 0.1) is 0 Å². The van der Waals surface area contributed by atoms with Crippen molar-refractivity contribution in [2.45, 2.75) is 0 Å². The van der Waals surface area contributed by atoms with Crippen LogP contribution < -0.4 is 4.74 Å². The van der Waals surface area contributed by atoms with Crippen molar-refractivity contribution in [3.63, 3.8) is 0 Å². The summed E-state index contributed by atoms with van der Waals surface area (Å²) in [5.41, 5.74) is 3.65. The fraction of sp³-hybridized carbons (Fsp3) is 0.0625. The van der Waals surface area contributed by atoms with Gasteiger partial charge in [0.2, 0.25) is 0 Å². The third kappa shape index (κ3) is 1.85. The topological polar surface area (TPSA) is 37.9 Å². The summed E-state index contributed by atoms with van der Waals surface area (Å²) in [4.78, 5) is 8.06. The van der Waals surface area contributed by atoms with E-state index < -0.39 is 0 Å². The summed E-state index contributed by atoms with van der Waals surface area (Å²) < 4.78 is 5.28. The predicted octanol–water partition coefficient (Wildman–Crippen LogP) is 5.18. The molecule has 0 saturated heterocycles. The summed E-state index contributed by atoms with van der Waals surface area (Å²) in [6.45, 7) is 0. The van der Waals surface area contributed by atoms with Gasteiger partial charge >= 0.3 is 0 Å². The fourth-order valence-electron chi connectivity index (χ4n) is 2.59. The number of H-pyrrole nitrogens is 1. The lowest BCUT2D eigenvalue weighted by molar-refractivity contribution is 0.415. The first-order valence-corrected chi connectivity index (χ1v) is 7.17. The van der Waals surface area contributed by atoms with E-state index in [9.17, 15) is 0 Å². The smallest absolute Gasteiger partial charge is 0.119 e. The maximum atomic E-state index is 6.27. The van der Waals surface area contributed by atoms with Crippen LogP contribution in [-0.4, -0.2) is 17.1 Å². The number of nitrogens with one attached hydrogen (secondary N) is 1. The summed E-state index contributed by atoms with van der Waals surface area (Å²) in [5, 5.41) is 2.93. The van der Waals surface area contributed by atoms with Gasteiger partial charge in [-0.15, -0.1) is 0 Å². The highest BCUT2D eigenvalue weighted by Crippen LogP contribution is 2.34. The summed E-state index contributed by atoms with van der Waals surface area (Å²) >= 11 is 12.3. The molecule has 4 rings (SSSR count). The van der Waals surface area contributed by atoms with E-state index in [2.05, 4.69) is 4.98 Å². The minimum atomic E-state index is 0.528. The minimum absolute atomic E-state index is 0.528. The van der Waals surface area contributed by atoms with E-state index in [0.29, 0.717) is 10.0 Å². The number of rotatable bonds is 1. The number of ether oxygens (including phenoxy) is 1. The number of halogens is 2. The highest BCUT2D eigenvalue weighted by atomic mass is 35.5. The van der Waals surface area contributed by atoms with Gasteiger partial charge in [-0.25, -0.2) is 4.98 Å². The second kappa shape index (κ2) is 4.52. The van der Waals surface area contributed by atoms with Gasteiger partial charge < -0.3 is 9.72 Å². The van der Waals surface area contributed by atoms with Crippen molar-refractivity contribution in [3.05, 3.63) is 46.4 Å². The van der Waals surface area contributed by atoms with E-state index >= 15 is 0 Å². The molecule has 0 aliphatic carbocycles. The van der Waals surface area contributed by atoms with Crippen LogP contribution in [0.2, 0.25) is 10.0 Å². The molecular formula is C16H10Cl2N2O. The molecule has 3 nitrogen and oxygen atoms in total. The van der Waals surface area contributed by atoms with Crippen LogP contribution in [0.3, 0.4) is 0 Å². The Labute approximate surface area is 130 Å². The molecule has 5 heteroatoms. The Hall–Kier alpha value is -1.97. The molecule has 0 bridgehead atoms. The molecule has 0 aliphatic rings. The quantitative estimate of drug-likeness (QED) is 0.525. The number of aromatic amines is 1. The van der Waals surface area contributed by atoms with Gasteiger partial charge in [0.15, 0.2) is 0 Å². The first-order chi connectivity index (χ1) is 10.2. The van der Waals surface area contributed by atoms with E-state index in [1.54, 1.807) is 13.2 Å². The molecule has 0 amide bonds. The third-order valence-corrected chi connectivity index (χ3v) is 4.46. The number of pyridine rings is 1. The van der Waals surface area contributed by atoms with E-state index in [4.69, 9.17) is 32.9 Å². The minimum Gasteiger partial charge on any atom is -0.497 e. The van der Waals surface area contributed by atoms with Gasteiger partial charge in [0, 0.05) is 16.3 Å². The maximum Gasteiger partial charge on any atom is 0.119 e. The summed E-state index contributed by atoms with van der Waals surface area (Å²) in [6.07, 6.45) is 0. The molecule has 2 aromatic carbocycles. The number of hydrogen-bond acceptors (Lipinski definition) is 2. The third-order valence-electron chi connectivity index (χ3n) is 3.64. The van der Waals surface area contributed by atoms with Gasteiger partial charge in [-0.1, -0.05) is 23.2 Å². The summed E-state index contributed by atoms with van der Waals surface area (Å²) in [7, 11) is 1.65. The molecule has 104 valence electrons. The van der Waals surface area contributed by atoms with E-state index in [-0.39, 0.29) is 0 Å². The van der Waals surface area contributed by atoms with Crippen molar-refractivity contribution in [2.24, 2.45) is 0 Å². The number of methoxy groups -OCH3 is 1. The lowest BCUT2D eigenvalue weighted by Crippen LogP contribution is -1.83. The number of hydrogen-bond donors (Lipinski definition) is 1. The van der Waals surface area contributed by atoms with Gasteiger partial charge in [-0.05, 0) is 36.4 Å². The van der Waals surface area contributed by atoms with Gasteiger partial charge in [0.25, 0.3) is 0 Å². The van der Waals surface area contributed by atoms with Crippen LogP contribution >= 0.6 is 23.2 Å². The number of nitrogens with zero attached hydrogens (tertiary/aromatic N) is 1. The Balaban J connectivity index is 2.16. The Kier molecular flexibility index (Phi) is 2.74. The van der Waals surface area contributed by atoms with Crippen molar-refractivity contribution in [1.82, 2.24) is 9.97 Å². The first-order valence-electron chi connectivity index (χ1n) is 6.41. The van der Waals surface area contributed by atoms with Gasteiger partial charge in [-0.3, -0.25) is 0 Å². The van der Waals surface area contributed by atoms with Crippen LogP contribution in [0.1, 0.15) is 0 Å². The Morgan fingerprint density at radius 1 is 1.00 bits per heavy atom. The lowest BCUT2D eigenvalue weighted by Gasteiger charge is -2.02. The summed E-state index contributed by atoms with van der Waals surface area (Å²) in [5.74, 6) is 0.805. The monoisotopic (exact) mass is 316 g/mol. The molecular weight excluding hydrogens is 307 g/mol. The van der Waals surface area contributed by atoms with Crippen LogP contribution in [0.5, 0.6) is 5.75 Å². The molecule has 4 aromatic rings. The van der Waals surface area contributed by atoms with Crippen molar-refractivity contribution < 1.29 is 4.74 Å². The predicted molar refractivity (Wildman–Crippen MR) is 87.7 cm³/mol. The zero-order valence-corrected chi connectivity index (χ0v) is 12.6. The zero-order chi connectivity index (χ0) is 14.6. The Morgan fingerprint density at radius 2 is 1.86 bits per heavy atom. The van der Waals surface area contributed by atoms with Crippen LogP contribution in [0.4, 0.5) is 0 Å². The van der Waals surface area contributed by atoms with Crippen LogP contribution in [0.15, 0.2) is 36.4 Å². The van der Waals surface area contributed by atoms with Crippen molar-refractivity contribution >= 4 is 56.0 Å². The fourth-order valence-corrected chi connectivity index (χ4v) is 2.96. The molecule has 21 heavy (non-hydrogen) atoms. The molecule has 2 heterocycles. The normalized spacial score (nSPS) is 11.6. The molecule has 1 N–H and O–H groups in total. The first kappa shape index (κ1) is 12.7. The average Bonchev–Trinajstić information content (AvgIpc) is 2.86. The highest BCUT2D eigenvalue weighted by molar-refractivity contribution is 6.45. The molecule has 0 fully saturated rings. The van der Waals surface area contributed by atoms with Crippen LogP contribution in [-0.2, 0) is 0 Å². The molecule has 0 saturated carbocycles. The van der Waals surface area contributed by atoms with Crippen LogP contribution in [0.25, 0.3) is 32.8 Å². The second-order valence-electron chi connectivity index (χ2n) is 4.85. The van der Waals surface area contributed by atoms with E-state index in [1.807, 2.05) is 30.3 Å². The Bertz CT molecular complexity index is 1010. The molecule has 0 aliphatic heterocycles. The maximum absolute atomic E-state index is 6.27. The standard InChI is InChI=1S/C16H10Cl2N2O/c1-21-8-2-4-13-10(6-8)16-14(19-13)7-9-12(20-16)5-3-11(17)15(9)18/h2-7,19H,1H3. The average molecular weight is 317 g/mol. The lowest BCUT2D eigenvalue weighted by atomic mass is 10.1. The van der Waals surface area contributed by atoms with Crippen molar-refractivity contribution in [1.29, 1.82) is 0 Å². The van der Waals surface area contributed by atoms with Gasteiger partial charge in [0.05, 0.1) is 33.7 Å². The summed E-state index contributed by atoms with van der Waals surface area (Å²) in [6, 6.07) is 11.5. The number of benzene rings is 2. The highest BCUT2D eigenvalue weighted by Gasteiger charge is 2.11. The van der Waals surface area contributed by atoms with E-state index in [1.165, 1.54) is 0 Å². The molecule has 0 atom stereocenters. The van der Waals surface area contributed by atoms with E-state index in [0.717, 1.165) is 38.6 Å². The SMILES string of the molecule is COc1ccc2[nH]c3cc4c(Cl)c(Cl)ccc4nc3c2c1. The zero-order valence-electron chi connectivity index (χ0n) is 11.1.